The zero-order valence-electron chi connectivity index (χ0n) is 16.0. The molecule has 0 spiro atoms. The van der Waals surface area contributed by atoms with E-state index >= 15 is 0 Å². The molecule has 0 aliphatic carbocycles. The average Bonchev–Trinajstić information content (AvgIpc) is 3.31. The Hall–Kier alpha value is -3.05. The Labute approximate surface area is 169 Å². The van der Waals surface area contributed by atoms with Crippen molar-refractivity contribution in [3.05, 3.63) is 82.3 Å². The molecule has 0 saturated carbocycles. The van der Waals surface area contributed by atoms with E-state index in [4.69, 9.17) is 0 Å². The topological polar surface area (TPSA) is 43.6 Å². The third kappa shape index (κ3) is 4.26. The van der Waals surface area contributed by atoms with Gasteiger partial charge in [-0.15, -0.1) is 11.3 Å². The highest BCUT2D eigenvalue weighted by atomic mass is 32.1. The van der Waals surface area contributed by atoms with Gasteiger partial charge >= 0.3 is 0 Å². The van der Waals surface area contributed by atoms with Crippen LogP contribution in [0.4, 0.5) is 0 Å². The van der Waals surface area contributed by atoms with Crippen LogP contribution in [0.5, 0.6) is 0 Å². The molecule has 2 heterocycles. The van der Waals surface area contributed by atoms with E-state index in [0.717, 1.165) is 45.9 Å². The number of benzene rings is 2. The van der Waals surface area contributed by atoms with Gasteiger partial charge in [-0.1, -0.05) is 60.7 Å². The quantitative estimate of drug-likeness (QED) is 0.436. The van der Waals surface area contributed by atoms with Gasteiger partial charge in [0.05, 0.1) is 10.7 Å². The van der Waals surface area contributed by atoms with Gasteiger partial charge in [0.1, 0.15) is 11.4 Å². The summed E-state index contributed by atoms with van der Waals surface area (Å²) in [5.74, 6) is 0. The number of nitrogens with zero attached hydrogens (tertiary/aromatic N) is 4. The van der Waals surface area contributed by atoms with Gasteiger partial charge in [0.25, 0.3) is 0 Å². The number of aryl methyl sites for hydroxylation is 3. The number of rotatable bonds is 6. The lowest BCUT2D eigenvalue weighted by atomic mass is 10.0. The molecule has 0 aliphatic rings. The largest absolute Gasteiger partial charge is 0.247 e. The summed E-state index contributed by atoms with van der Waals surface area (Å²) < 4.78 is 0. The molecule has 4 nitrogen and oxygen atoms in total. The van der Waals surface area contributed by atoms with Crippen LogP contribution in [0.3, 0.4) is 0 Å². The van der Waals surface area contributed by atoms with E-state index in [0.29, 0.717) is 0 Å². The molecule has 0 fully saturated rings. The molecule has 0 N–H and O–H groups in total. The van der Waals surface area contributed by atoms with Crippen molar-refractivity contribution in [2.24, 2.45) is 7.05 Å². The molecule has 5 heteroatoms. The molecule has 0 radical (unpaired) electrons. The lowest BCUT2D eigenvalue weighted by molar-refractivity contribution is 0.657. The molecule has 140 valence electrons. The van der Waals surface area contributed by atoms with E-state index in [1.807, 2.05) is 32.2 Å². The Morgan fingerprint density at radius 3 is 2.46 bits per heavy atom. The minimum atomic E-state index is 0.905. The fourth-order valence-corrected chi connectivity index (χ4v) is 3.80. The minimum Gasteiger partial charge on any atom is -0.247 e. The number of hydrogen-bond donors (Lipinski definition) is 0. The molecule has 4 aromatic rings. The van der Waals surface area contributed by atoms with Crippen molar-refractivity contribution in [3.63, 3.8) is 0 Å². The fourth-order valence-electron chi connectivity index (χ4n) is 3.15. The van der Waals surface area contributed by atoms with Crippen molar-refractivity contribution in [3.8, 4) is 22.5 Å². The van der Waals surface area contributed by atoms with E-state index in [9.17, 15) is 0 Å². The monoisotopic (exact) mass is 386 g/mol. The third-order valence-electron chi connectivity index (χ3n) is 4.47. The lowest BCUT2D eigenvalue weighted by Gasteiger charge is -2.03. The van der Waals surface area contributed by atoms with Crippen LogP contribution in [0.15, 0.2) is 66.1 Å². The Balaban J connectivity index is 1.54. The first kappa shape index (κ1) is 18.3. The van der Waals surface area contributed by atoms with Gasteiger partial charge in [-0.05, 0) is 31.4 Å². The van der Waals surface area contributed by atoms with E-state index in [2.05, 4.69) is 69.1 Å². The molecular weight excluding hydrogens is 364 g/mol. The summed E-state index contributed by atoms with van der Waals surface area (Å²) in [5, 5.41) is 12.5. The summed E-state index contributed by atoms with van der Waals surface area (Å²) in [6.45, 7) is 2.05. The highest BCUT2D eigenvalue weighted by molar-refractivity contribution is 7.09. The van der Waals surface area contributed by atoms with Crippen LogP contribution in [-0.4, -0.2) is 20.0 Å². The normalized spacial score (nSPS) is 11.4. The van der Waals surface area contributed by atoms with Crippen LogP contribution < -0.4 is 0 Å². The van der Waals surface area contributed by atoms with Crippen molar-refractivity contribution in [2.45, 2.75) is 19.8 Å². The van der Waals surface area contributed by atoms with Gasteiger partial charge in [-0.25, -0.2) is 4.98 Å². The minimum absolute atomic E-state index is 0.905. The zero-order chi connectivity index (χ0) is 19.3. The van der Waals surface area contributed by atoms with E-state index in [-0.39, 0.29) is 0 Å². The summed E-state index contributed by atoms with van der Waals surface area (Å²) in [6.07, 6.45) is 6.33. The van der Waals surface area contributed by atoms with Crippen molar-refractivity contribution in [1.29, 1.82) is 0 Å². The lowest BCUT2D eigenvalue weighted by Crippen LogP contribution is -1.92. The van der Waals surface area contributed by atoms with Crippen LogP contribution in [0.25, 0.3) is 28.6 Å². The second kappa shape index (κ2) is 8.31. The molecule has 0 unspecified atom stereocenters. The maximum atomic E-state index is 4.61. The van der Waals surface area contributed by atoms with E-state index in [1.54, 1.807) is 16.1 Å². The molecule has 0 atom stereocenters. The van der Waals surface area contributed by atoms with Crippen molar-refractivity contribution >= 4 is 17.4 Å². The maximum Gasteiger partial charge on any atom is 0.121 e. The van der Waals surface area contributed by atoms with Crippen molar-refractivity contribution in [2.75, 3.05) is 0 Å². The molecule has 0 aliphatic heterocycles. The average molecular weight is 387 g/mol. The molecule has 2 aromatic heterocycles. The van der Waals surface area contributed by atoms with Crippen LogP contribution in [0, 0.1) is 6.92 Å². The van der Waals surface area contributed by atoms with Crippen LogP contribution in [0.1, 0.15) is 22.7 Å². The Kier molecular flexibility index (Phi) is 5.44. The number of allylic oxidation sites excluding steroid dienone is 1. The molecule has 0 saturated heterocycles. The van der Waals surface area contributed by atoms with Crippen LogP contribution in [-0.2, 0) is 13.5 Å². The first-order valence-corrected chi connectivity index (χ1v) is 10.2. The predicted molar refractivity (Wildman–Crippen MR) is 116 cm³/mol. The standard InChI is InChI=1S/C23H22N4S/c1-17-24-21(16-28-17)14-7-6-9-18-10-8-13-20(15-18)23-22(25-27(2)26-23)19-11-4-3-5-12-19/h3-6,8-13,15-16H,7,14H2,1-2H3/b9-6+. The Morgan fingerprint density at radius 2 is 1.71 bits per heavy atom. The fraction of sp³-hybridized carbons (Fsp3) is 0.174. The van der Waals surface area contributed by atoms with Gasteiger partial charge in [0, 0.05) is 23.6 Å². The smallest absolute Gasteiger partial charge is 0.121 e. The first-order valence-electron chi connectivity index (χ1n) is 9.34. The predicted octanol–water partition coefficient (Wildman–Crippen LogP) is 5.56. The second-order valence-corrected chi connectivity index (χ2v) is 7.74. The molecule has 0 bridgehead atoms. The van der Waals surface area contributed by atoms with Gasteiger partial charge < -0.3 is 0 Å². The molecule has 4 rings (SSSR count). The molecule has 0 amide bonds. The van der Waals surface area contributed by atoms with E-state index in [1.165, 1.54) is 5.69 Å². The number of thiazole rings is 1. The third-order valence-corrected chi connectivity index (χ3v) is 5.29. The van der Waals surface area contributed by atoms with Gasteiger partial charge in [0.15, 0.2) is 0 Å². The van der Waals surface area contributed by atoms with Gasteiger partial charge in [0.2, 0.25) is 0 Å². The van der Waals surface area contributed by atoms with Crippen molar-refractivity contribution < 1.29 is 0 Å². The Morgan fingerprint density at radius 1 is 0.964 bits per heavy atom. The van der Waals surface area contributed by atoms with Gasteiger partial charge in [-0.2, -0.15) is 15.0 Å². The number of aromatic nitrogens is 4. The van der Waals surface area contributed by atoms with Crippen molar-refractivity contribution in [1.82, 2.24) is 20.0 Å². The molecule has 28 heavy (non-hydrogen) atoms. The molecular formula is C23H22N4S. The SMILES string of the molecule is Cc1nc(CC/C=C/c2cccc(-c3nn(C)nc3-c3ccccc3)c2)cs1. The summed E-state index contributed by atoms with van der Waals surface area (Å²) in [4.78, 5) is 6.15. The summed E-state index contributed by atoms with van der Waals surface area (Å²) in [6, 6.07) is 18.6. The zero-order valence-corrected chi connectivity index (χ0v) is 16.9. The van der Waals surface area contributed by atoms with Gasteiger partial charge in [-0.3, -0.25) is 0 Å². The highest BCUT2D eigenvalue weighted by Crippen LogP contribution is 2.29. The summed E-state index contributed by atoms with van der Waals surface area (Å²) >= 11 is 1.71. The summed E-state index contributed by atoms with van der Waals surface area (Å²) in [7, 11) is 1.86. The van der Waals surface area contributed by atoms with Crippen LogP contribution in [0.2, 0.25) is 0 Å². The maximum absolute atomic E-state index is 4.61. The second-order valence-electron chi connectivity index (χ2n) is 6.68. The van der Waals surface area contributed by atoms with Crippen LogP contribution >= 0.6 is 11.3 Å². The highest BCUT2D eigenvalue weighted by Gasteiger charge is 2.13. The summed E-state index contributed by atoms with van der Waals surface area (Å²) in [5.41, 5.74) is 6.30. The van der Waals surface area contributed by atoms with E-state index < -0.39 is 0 Å². The molecule has 2 aromatic carbocycles. The first-order chi connectivity index (χ1) is 13.7. The Bertz CT molecular complexity index is 1090. The number of hydrogen-bond acceptors (Lipinski definition) is 4.